The van der Waals surface area contributed by atoms with Crippen LogP contribution in [0, 0.1) is 22.7 Å². The van der Waals surface area contributed by atoms with Gasteiger partial charge in [0.1, 0.15) is 26.4 Å². The number of allylic oxidation sites excluding steroid dienone is 2. The Kier molecular flexibility index (Phi) is 16.4. The highest BCUT2D eigenvalue weighted by Gasteiger charge is 2.37. The summed E-state index contributed by atoms with van der Waals surface area (Å²) in [6.07, 6.45) is 10.5. The van der Waals surface area contributed by atoms with Gasteiger partial charge in [0, 0.05) is 23.0 Å². The molecular formula is C39H50O8. The van der Waals surface area contributed by atoms with Crippen LogP contribution in [0.4, 0.5) is 0 Å². The molecule has 0 aliphatic heterocycles. The van der Waals surface area contributed by atoms with Crippen molar-refractivity contribution in [3.63, 3.8) is 0 Å². The van der Waals surface area contributed by atoms with Gasteiger partial charge in [-0.3, -0.25) is 0 Å². The average Bonchev–Trinajstić information content (AvgIpc) is 3.10. The van der Waals surface area contributed by atoms with Crippen molar-refractivity contribution in [2.24, 2.45) is 22.7 Å². The van der Waals surface area contributed by atoms with E-state index in [4.69, 9.17) is 18.9 Å². The molecule has 0 amide bonds. The Bertz CT molecular complexity index is 1250. The summed E-state index contributed by atoms with van der Waals surface area (Å²) in [5.74, 6) is -0.946. The zero-order valence-corrected chi connectivity index (χ0v) is 28.3. The van der Waals surface area contributed by atoms with Crippen molar-refractivity contribution >= 4 is 23.9 Å². The van der Waals surface area contributed by atoms with Crippen LogP contribution in [-0.2, 0) is 28.5 Å². The third-order valence-corrected chi connectivity index (χ3v) is 8.38. The highest BCUT2D eigenvalue weighted by atomic mass is 16.6. The third kappa shape index (κ3) is 13.4. The van der Waals surface area contributed by atoms with Crippen molar-refractivity contribution in [3.8, 4) is 0 Å². The molecule has 0 N–H and O–H groups in total. The second-order valence-electron chi connectivity index (χ2n) is 12.7. The summed E-state index contributed by atoms with van der Waals surface area (Å²) >= 11 is 0. The minimum atomic E-state index is -0.459. The predicted molar refractivity (Wildman–Crippen MR) is 183 cm³/mol. The first-order valence-electron chi connectivity index (χ1n) is 16.1. The van der Waals surface area contributed by atoms with Gasteiger partial charge < -0.3 is 18.9 Å². The molecule has 0 spiro atoms. The zero-order valence-electron chi connectivity index (χ0n) is 28.3. The first-order valence-corrected chi connectivity index (χ1v) is 16.1. The molecule has 2 aromatic carbocycles. The smallest absolute Gasteiger partial charge is 0.338 e. The van der Waals surface area contributed by atoms with E-state index in [2.05, 4.69) is 46.9 Å². The Morgan fingerprint density at radius 3 is 1.57 bits per heavy atom. The van der Waals surface area contributed by atoms with Gasteiger partial charge in [-0.2, -0.15) is 0 Å². The van der Waals surface area contributed by atoms with Crippen LogP contribution >= 0.6 is 0 Å². The quantitative estimate of drug-likeness (QED) is 0.0783. The molecule has 1 aliphatic carbocycles. The van der Waals surface area contributed by atoms with Crippen LogP contribution in [0.25, 0.3) is 0 Å². The number of carbonyl (C=O) groups is 4. The second kappa shape index (κ2) is 19.9. The van der Waals surface area contributed by atoms with E-state index in [0.29, 0.717) is 17.0 Å². The van der Waals surface area contributed by atoms with Crippen molar-refractivity contribution in [2.45, 2.75) is 59.8 Å². The number of rotatable bonds is 16. The first-order chi connectivity index (χ1) is 22.5. The highest BCUT2D eigenvalue weighted by molar-refractivity contribution is 5.90. The van der Waals surface area contributed by atoms with E-state index in [-0.39, 0.29) is 49.7 Å². The van der Waals surface area contributed by atoms with Crippen molar-refractivity contribution in [2.75, 3.05) is 26.4 Å². The summed E-state index contributed by atoms with van der Waals surface area (Å²) in [6, 6.07) is 17.9. The van der Waals surface area contributed by atoms with Crippen LogP contribution in [0.3, 0.4) is 0 Å². The lowest BCUT2D eigenvalue weighted by Gasteiger charge is -2.37. The Morgan fingerprint density at radius 1 is 0.745 bits per heavy atom. The molecule has 8 nitrogen and oxygen atoms in total. The van der Waals surface area contributed by atoms with Gasteiger partial charge in [0.25, 0.3) is 0 Å². The van der Waals surface area contributed by atoms with Crippen LogP contribution < -0.4 is 0 Å². The van der Waals surface area contributed by atoms with Crippen LogP contribution in [0.1, 0.15) is 80.5 Å². The molecule has 8 heteroatoms. The number of carbonyl (C=O) groups excluding carboxylic acids is 4. The van der Waals surface area contributed by atoms with E-state index in [1.54, 1.807) is 24.3 Å². The fraction of sp³-hybridized carbons (Fsp3) is 0.436. The van der Waals surface area contributed by atoms with E-state index in [9.17, 15) is 19.2 Å². The molecule has 0 saturated carbocycles. The molecule has 2 aromatic rings. The number of esters is 4. The van der Waals surface area contributed by atoms with Crippen LogP contribution in [0.5, 0.6) is 0 Å². The lowest BCUT2D eigenvalue weighted by molar-refractivity contribution is -0.148. The van der Waals surface area contributed by atoms with Crippen LogP contribution in [0.15, 0.2) is 98.1 Å². The summed E-state index contributed by atoms with van der Waals surface area (Å²) in [5.41, 5.74) is 0.288. The Morgan fingerprint density at radius 2 is 1.21 bits per heavy atom. The monoisotopic (exact) mass is 646 g/mol. The lowest BCUT2D eigenvalue weighted by atomic mass is 9.73. The zero-order chi connectivity index (χ0) is 34.7. The highest BCUT2D eigenvalue weighted by Crippen LogP contribution is 2.36. The normalized spacial score (nSPS) is 13.5. The molecule has 3 rings (SSSR count). The van der Waals surface area contributed by atoms with Gasteiger partial charge in [0.15, 0.2) is 0 Å². The molecule has 0 aromatic heterocycles. The second-order valence-corrected chi connectivity index (χ2v) is 12.7. The van der Waals surface area contributed by atoms with Crippen molar-refractivity contribution in [1.82, 2.24) is 0 Å². The van der Waals surface area contributed by atoms with E-state index in [0.717, 1.165) is 44.3 Å². The topological polar surface area (TPSA) is 105 Å². The molecule has 0 unspecified atom stereocenters. The SMILES string of the molecule is C=CC(=O)OCC1(COC(=O)C=C)CC=CCC1.CC(C)CCC(COC(=O)c1ccccc1)(COC(=O)c1ccccc1)C(C)C. The van der Waals surface area contributed by atoms with E-state index >= 15 is 0 Å². The lowest BCUT2D eigenvalue weighted by Crippen LogP contribution is -2.39. The number of hydrogen-bond donors (Lipinski definition) is 0. The van der Waals surface area contributed by atoms with Gasteiger partial charge in [-0.1, -0.05) is 95.8 Å². The van der Waals surface area contributed by atoms with E-state index in [1.807, 2.05) is 42.5 Å². The minimum Gasteiger partial charge on any atom is -0.462 e. The Balaban J connectivity index is 0.000000366. The predicted octanol–water partition coefficient (Wildman–Crippen LogP) is 7.95. The fourth-order valence-corrected chi connectivity index (χ4v) is 4.93. The number of ether oxygens (including phenoxy) is 4. The van der Waals surface area contributed by atoms with Gasteiger partial charge in [0.2, 0.25) is 0 Å². The molecular weight excluding hydrogens is 596 g/mol. The number of benzene rings is 2. The summed E-state index contributed by atoms with van der Waals surface area (Å²) < 4.78 is 21.6. The van der Waals surface area contributed by atoms with Crippen molar-refractivity contribution in [3.05, 3.63) is 109 Å². The first kappa shape index (κ1) is 38.7. The Labute approximate surface area is 279 Å². The van der Waals surface area contributed by atoms with Gasteiger partial charge >= 0.3 is 23.9 Å². The molecule has 0 radical (unpaired) electrons. The van der Waals surface area contributed by atoms with Crippen LogP contribution in [-0.4, -0.2) is 50.3 Å². The molecule has 0 saturated heterocycles. The summed E-state index contributed by atoms with van der Waals surface area (Å²) in [6.45, 7) is 16.1. The van der Waals surface area contributed by atoms with Gasteiger partial charge in [0.05, 0.1) is 11.1 Å². The van der Waals surface area contributed by atoms with Gasteiger partial charge in [-0.15, -0.1) is 0 Å². The molecule has 0 atom stereocenters. The third-order valence-electron chi connectivity index (χ3n) is 8.38. The molecule has 1 aliphatic rings. The minimum absolute atomic E-state index is 0.174. The maximum absolute atomic E-state index is 12.5. The Hall–Kier alpha value is -4.46. The maximum Gasteiger partial charge on any atom is 0.338 e. The standard InChI is InChI=1S/C25H32O4.C14H18O4/c1-19(2)15-16-25(20(3)4,17-28-23(26)21-11-7-5-8-12-21)18-29-24(27)22-13-9-6-10-14-22;1-3-12(15)17-10-14(8-6-5-7-9-14)11-18-13(16)4-2/h5-14,19-20H,15-18H2,1-4H3;3-6H,1-2,7-11H2. The fourth-order valence-electron chi connectivity index (χ4n) is 4.93. The molecule has 0 bridgehead atoms. The number of hydrogen-bond acceptors (Lipinski definition) is 8. The molecule has 254 valence electrons. The van der Waals surface area contributed by atoms with Crippen molar-refractivity contribution < 1.29 is 38.1 Å². The summed E-state index contributed by atoms with van der Waals surface area (Å²) in [4.78, 5) is 47.2. The van der Waals surface area contributed by atoms with Gasteiger partial charge in [-0.05, 0) is 61.8 Å². The summed E-state index contributed by atoms with van der Waals surface area (Å²) in [5, 5.41) is 0. The van der Waals surface area contributed by atoms with Gasteiger partial charge in [-0.25, -0.2) is 19.2 Å². The maximum atomic E-state index is 12.5. The van der Waals surface area contributed by atoms with E-state index in [1.165, 1.54) is 0 Å². The average molecular weight is 647 g/mol. The summed E-state index contributed by atoms with van der Waals surface area (Å²) in [7, 11) is 0. The van der Waals surface area contributed by atoms with Crippen LogP contribution in [0.2, 0.25) is 0 Å². The molecule has 0 fully saturated rings. The van der Waals surface area contributed by atoms with E-state index < -0.39 is 17.4 Å². The largest absolute Gasteiger partial charge is 0.462 e. The molecule has 0 heterocycles. The van der Waals surface area contributed by atoms with Crippen molar-refractivity contribution in [1.29, 1.82) is 0 Å². The molecule has 47 heavy (non-hydrogen) atoms.